The van der Waals surface area contributed by atoms with Crippen LogP contribution < -0.4 is 16.2 Å². The van der Waals surface area contributed by atoms with Crippen molar-refractivity contribution in [2.24, 2.45) is 0 Å². The van der Waals surface area contributed by atoms with Crippen LogP contribution in [0.25, 0.3) is 22.3 Å². The van der Waals surface area contributed by atoms with E-state index in [1.165, 1.54) is 6.92 Å². The van der Waals surface area contributed by atoms with Gasteiger partial charge in [0.2, 0.25) is 5.91 Å². The highest BCUT2D eigenvalue weighted by Gasteiger charge is 2.19. The quantitative estimate of drug-likeness (QED) is 0.284. The summed E-state index contributed by atoms with van der Waals surface area (Å²) in [6.45, 7) is 17.2. The van der Waals surface area contributed by atoms with Crippen molar-refractivity contribution in [1.29, 1.82) is 0 Å². The van der Waals surface area contributed by atoms with E-state index in [0.29, 0.717) is 33.5 Å². The maximum absolute atomic E-state index is 13.4. The van der Waals surface area contributed by atoms with Crippen molar-refractivity contribution < 1.29 is 9.59 Å². The fourth-order valence-electron chi connectivity index (χ4n) is 4.06. The molecular weight excluding hydrogens is 492 g/mol. The van der Waals surface area contributed by atoms with Gasteiger partial charge in [0.15, 0.2) is 5.65 Å². The molecule has 0 saturated carbocycles. The molecule has 0 unspecified atom stereocenters. The molecule has 0 saturated heterocycles. The lowest BCUT2D eigenvalue weighted by Crippen LogP contribution is -2.28. The Hall–Kier alpha value is -4.27. The van der Waals surface area contributed by atoms with Crippen molar-refractivity contribution >= 4 is 28.5 Å². The SMILES string of the molecule is CC.CC.CC(=O)Nc1cccc(-c2cc(C(=O)NCc3c(C)cc(C)[nH]c3=O)c3cnn(C(C)C)c3n2)c1. The van der Waals surface area contributed by atoms with Crippen LogP contribution in [0, 0.1) is 13.8 Å². The standard InChI is InChI=1S/C26H28N6O3.2C2H6/c1-14(2)32-24-22(13-28-32)20(25(34)27-12-21-15(3)9-16(4)29-26(21)35)11-23(31-24)18-7-6-8-19(10-18)30-17(5)33;2*1-2/h6-11,13-14H,12H2,1-5H3,(H,27,34)(H,29,35)(H,30,33);2*1-2H3. The van der Waals surface area contributed by atoms with Gasteiger partial charge in [0.25, 0.3) is 11.5 Å². The molecule has 0 fully saturated rings. The second-order valence-corrected chi connectivity index (χ2v) is 8.86. The molecular formula is C30H40N6O3. The number of aryl methyl sites for hydroxylation is 2. The van der Waals surface area contributed by atoms with Gasteiger partial charge < -0.3 is 15.6 Å². The minimum Gasteiger partial charge on any atom is -0.348 e. The number of nitrogens with one attached hydrogen (secondary N) is 3. The Balaban J connectivity index is 0.00000127. The Labute approximate surface area is 230 Å². The van der Waals surface area contributed by atoms with Gasteiger partial charge in [-0.3, -0.25) is 14.4 Å². The van der Waals surface area contributed by atoms with E-state index >= 15 is 0 Å². The first-order chi connectivity index (χ1) is 18.6. The van der Waals surface area contributed by atoms with Crippen LogP contribution in [0.4, 0.5) is 5.69 Å². The van der Waals surface area contributed by atoms with Crippen molar-refractivity contribution in [2.75, 3.05) is 5.32 Å². The molecule has 0 spiro atoms. The zero-order valence-electron chi connectivity index (χ0n) is 24.4. The Morgan fingerprint density at radius 1 is 1.05 bits per heavy atom. The third-order valence-electron chi connectivity index (χ3n) is 5.70. The number of H-pyrrole nitrogens is 1. The summed E-state index contributed by atoms with van der Waals surface area (Å²) in [6, 6.07) is 10.9. The van der Waals surface area contributed by atoms with Gasteiger partial charge >= 0.3 is 0 Å². The third kappa shape index (κ3) is 7.40. The molecule has 0 atom stereocenters. The number of hydrogen-bond donors (Lipinski definition) is 3. The molecule has 208 valence electrons. The van der Waals surface area contributed by atoms with Gasteiger partial charge in [0.05, 0.1) is 22.8 Å². The summed E-state index contributed by atoms with van der Waals surface area (Å²) in [7, 11) is 0. The number of benzene rings is 1. The summed E-state index contributed by atoms with van der Waals surface area (Å²) in [5.41, 5.74) is 4.81. The van der Waals surface area contributed by atoms with Crippen molar-refractivity contribution in [1.82, 2.24) is 25.1 Å². The monoisotopic (exact) mass is 532 g/mol. The number of nitrogens with zero attached hydrogens (tertiary/aromatic N) is 3. The molecule has 4 rings (SSSR count). The second-order valence-electron chi connectivity index (χ2n) is 8.86. The second kappa shape index (κ2) is 14.0. The van der Waals surface area contributed by atoms with Gasteiger partial charge in [-0.2, -0.15) is 5.10 Å². The lowest BCUT2D eigenvalue weighted by atomic mass is 10.1. The molecule has 3 heterocycles. The molecule has 0 bridgehead atoms. The predicted octanol–water partition coefficient (Wildman–Crippen LogP) is 5.93. The molecule has 3 aromatic heterocycles. The van der Waals surface area contributed by atoms with Gasteiger partial charge in [0, 0.05) is 42.0 Å². The number of pyridine rings is 2. The molecule has 0 aliphatic rings. The lowest BCUT2D eigenvalue weighted by molar-refractivity contribution is -0.114. The van der Waals surface area contributed by atoms with Crippen molar-refractivity contribution in [2.45, 2.75) is 74.9 Å². The van der Waals surface area contributed by atoms with Gasteiger partial charge in [-0.05, 0) is 57.5 Å². The van der Waals surface area contributed by atoms with Crippen LogP contribution in [0.1, 0.15) is 81.7 Å². The molecule has 0 aliphatic heterocycles. The zero-order valence-corrected chi connectivity index (χ0v) is 24.4. The molecule has 1 aromatic carbocycles. The van der Waals surface area contributed by atoms with Crippen LogP contribution in [0.3, 0.4) is 0 Å². The van der Waals surface area contributed by atoms with Crippen LogP contribution >= 0.6 is 0 Å². The molecule has 9 nitrogen and oxygen atoms in total. The Morgan fingerprint density at radius 3 is 2.36 bits per heavy atom. The summed E-state index contributed by atoms with van der Waals surface area (Å²) >= 11 is 0. The number of carbonyl (C=O) groups excluding carboxylic acids is 2. The summed E-state index contributed by atoms with van der Waals surface area (Å²) in [5, 5.41) is 10.7. The first-order valence-electron chi connectivity index (χ1n) is 13.4. The van der Waals surface area contributed by atoms with Gasteiger partial charge in [-0.15, -0.1) is 0 Å². The number of amides is 2. The minimum absolute atomic E-state index is 0.0330. The summed E-state index contributed by atoms with van der Waals surface area (Å²) in [5.74, 6) is -0.510. The fraction of sp³-hybridized carbons (Fsp3) is 0.367. The van der Waals surface area contributed by atoms with Crippen LogP contribution in [-0.4, -0.2) is 31.6 Å². The van der Waals surface area contributed by atoms with E-state index in [4.69, 9.17) is 4.98 Å². The summed E-state index contributed by atoms with van der Waals surface area (Å²) in [4.78, 5) is 44.8. The lowest BCUT2D eigenvalue weighted by Gasteiger charge is -2.12. The van der Waals surface area contributed by atoms with Crippen molar-refractivity contribution in [3.05, 3.63) is 75.3 Å². The average molecular weight is 533 g/mol. The number of carbonyl (C=O) groups is 2. The third-order valence-corrected chi connectivity index (χ3v) is 5.70. The van der Waals surface area contributed by atoms with Crippen LogP contribution in [0.15, 0.2) is 47.4 Å². The number of anilines is 1. The van der Waals surface area contributed by atoms with Crippen molar-refractivity contribution in [3.63, 3.8) is 0 Å². The van der Waals surface area contributed by atoms with Gasteiger partial charge in [-0.25, -0.2) is 9.67 Å². The van der Waals surface area contributed by atoms with E-state index in [2.05, 4.69) is 20.7 Å². The van der Waals surface area contributed by atoms with Gasteiger partial charge in [-0.1, -0.05) is 39.8 Å². The normalized spacial score (nSPS) is 10.3. The van der Waals surface area contributed by atoms with E-state index in [0.717, 1.165) is 16.8 Å². The average Bonchev–Trinajstić information content (AvgIpc) is 3.34. The highest BCUT2D eigenvalue weighted by Crippen LogP contribution is 2.28. The summed E-state index contributed by atoms with van der Waals surface area (Å²) in [6.07, 6.45) is 1.64. The Kier molecular flexibility index (Phi) is 11.1. The highest BCUT2D eigenvalue weighted by atomic mass is 16.2. The maximum atomic E-state index is 13.4. The van der Waals surface area contributed by atoms with E-state index in [-0.39, 0.29) is 30.0 Å². The minimum atomic E-state index is -0.334. The van der Waals surface area contributed by atoms with Crippen LogP contribution in [0.5, 0.6) is 0 Å². The summed E-state index contributed by atoms with van der Waals surface area (Å²) < 4.78 is 1.77. The van der Waals surface area contributed by atoms with E-state index in [9.17, 15) is 14.4 Å². The fourth-order valence-corrected chi connectivity index (χ4v) is 4.06. The topological polar surface area (TPSA) is 122 Å². The van der Waals surface area contributed by atoms with Crippen LogP contribution in [-0.2, 0) is 11.3 Å². The number of hydrogen-bond acceptors (Lipinski definition) is 5. The zero-order chi connectivity index (χ0) is 29.3. The predicted molar refractivity (Wildman–Crippen MR) is 158 cm³/mol. The first-order valence-corrected chi connectivity index (χ1v) is 13.4. The van der Waals surface area contributed by atoms with E-state index < -0.39 is 0 Å². The largest absolute Gasteiger partial charge is 0.348 e. The Bertz CT molecular complexity index is 1500. The molecule has 4 aromatic rings. The molecule has 3 N–H and O–H groups in total. The molecule has 9 heteroatoms. The highest BCUT2D eigenvalue weighted by molar-refractivity contribution is 6.06. The first kappa shape index (κ1) is 31.0. The maximum Gasteiger partial charge on any atom is 0.253 e. The molecule has 39 heavy (non-hydrogen) atoms. The van der Waals surface area contributed by atoms with E-state index in [1.54, 1.807) is 23.0 Å². The molecule has 0 aliphatic carbocycles. The number of aromatic nitrogens is 4. The van der Waals surface area contributed by atoms with E-state index in [1.807, 2.05) is 79.7 Å². The number of fused-ring (bicyclic) bond motifs is 1. The smallest absolute Gasteiger partial charge is 0.253 e. The Morgan fingerprint density at radius 2 is 1.74 bits per heavy atom. The van der Waals surface area contributed by atoms with Crippen molar-refractivity contribution in [3.8, 4) is 11.3 Å². The number of rotatable bonds is 6. The molecule has 0 radical (unpaired) electrons. The van der Waals surface area contributed by atoms with Crippen LogP contribution in [0.2, 0.25) is 0 Å². The molecule has 2 amide bonds. The van der Waals surface area contributed by atoms with Gasteiger partial charge in [0.1, 0.15) is 0 Å². The number of aromatic amines is 1.